The van der Waals surface area contributed by atoms with Gasteiger partial charge in [-0.15, -0.1) is 0 Å². The van der Waals surface area contributed by atoms with Crippen LogP contribution in [0.25, 0.3) is 0 Å². The standard InChI is InChI=1S/C14H18O2/c1-10(2)13(15)16-12-8-6-11(7-9-12)14(3,4)5/h6-9H,1H2,2-5H3. The normalized spacial score (nSPS) is 11.0. The largest absolute Gasteiger partial charge is 0.423 e. The van der Waals surface area contributed by atoms with Crippen LogP contribution in [0.1, 0.15) is 33.3 Å². The lowest BCUT2D eigenvalue weighted by atomic mass is 9.87. The quantitative estimate of drug-likeness (QED) is 0.431. The first-order valence-corrected chi connectivity index (χ1v) is 5.29. The van der Waals surface area contributed by atoms with E-state index in [0.717, 1.165) is 0 Å². The first kappa shape index (κ1) is 12.5. The average Bonchev–Trinajstić information content (AvgIpc) is 2.17. The molecule has 0 unspecified atom stereocenters. The number of esters is 1. The van der Waals surface area contributed by atoms with Gasteiger partial charge in [0.1, 0.15) is 5.75 Å². The minimum Gasteiger partial charge on any atom is -0.423 e. The maximum Gasteiger partial charge on any atom is 0.338 e. The van der Waals surface area contributed by atoms with Gasteiger partial charge in [-0.2, -0.15) is 0 Å². The molecule has 0 N–H and O–H groups in total. The predicted octanol–water partition coefficient (Wildman–Crippen LogP) is 3.47. The molecule has 0 aromatic heterocycles. The smallest absolute Gasteiger partial charge is 0.338 e. The molecule has 1 aromatic carbocycles. The van der Waals surface area contributed by atoms with Crippen molar-refractivity contribution in [1.82, 2.24) is 0 Å². The second kappa shape index (κ2) is 4.52. The third kappa shape index (κ3) is 3.23. The van der Waals surface area contributed by atoms with Crippen LogP contribution in [0.4, 0.5) is 0 Å². The van der Waals surface area contributed by atoms with Crippen molar-refractivity contribution in [2.24, 2.45) is 0 Å². The average molecular weight is 218 g/mol. The Labute approximate surface area is 96.9 Å². The van der Waals surface area contributed by atoms with E-state index in [1.54, 1.807) is 19.1 Å². The molecule has 0 aliphatic heterocycles. The molecule has 2 heteroatoms. The molecule has 0 spiro atoms. The number of carbonyl (C=O) groups is 1. The topological polar surface area (TPSA) is 26.3 Å². The summed E-state index contributed by atoms with van der Waals surface area (Å²) in [5.74, 6) is 0.171. The number of carbonyl (C=O) groups excluding carboxylic acids is 1. The third-order valence-corrected chi connectivity index (χ3v) is 2.28. The lowest BCUT2D eigenvalue weighted by Crippen LogP contribution is -2.11. The van der Waals surface area contributed by atoms with E-state index in [4.69, 9.17) is 4.74 Å². The lowest BCUT2D eigenvalue weighted by molar-refractivity contribution is -0.130. The summed E-state index contributed by atoms with van der Waals surface area (Å²) in [6, 6.07) is 7.56. The van der Waals surface area contributed by atoms with Gasteiger partial charge >= 0.3 is 5.97 Å². The van der Waals surface area contributed by atoms with Crippen LogP contribution in [-0.2, 0) is 10.2 Å². The summed E-state index contributed by atoms with van der Waals surface area (Å²) in [5.41, 5.74) is 1.72. The fourth-order valence-corrected chi connectivity index (χ4v) is 1.22. The molecular formula is C14H18O2. The van der Waals surface area contributed by atoms with Crippen molar-refractivity contribution in [3.63, 3.8) is 0 Å². The van der Waals surface area contributed by atoms with Gasteiger partial charge < -0.3 is 4.74 Å². The Balaban J connectivity index is 2.80. The predicted molar refractivity (Wildman–Crippen MR) is 65.6 cm³/mol. The van der Waals surface area contributed by atoms with Crippen molar-refractivity contribution in [3.8, 4) is 5.75 Å². The summed E-state index contributed by atoms with van der Waals surface area (Å²) in [6.07, 6.45) is 0. The van der Waals surface area contributed by atoms with Crippen molar-refractivity contribution in [2.45, 2.75) is 33.1 Å². The number of hydrogen-bond acceptors (Lipinski definition) is 2. The van der Waals surface area contributed by atoms with E-state index in [1.807, 2.05) is 12.1 Å². The molecule has 0 heterocycles. The Morgan fingerprint density at radius 1 is 1.19 bits per heavy atom. The van der Waals surface area contributed by atoms with E-state index in [-0.39, 0.29) is 11.4 Å². The summed E-state index contributed by atoms with van der Waals surface area (Å²) in [4.78, 5) is 11.3. The first-order valence-electron chi connectivity index (χ1n) is 5.29. The van der Waals surface area contributed by atoms with Crippen molar-refractivity contribution < 1.29 is 9.53 Å². The van der Waals surface area contributed by atoms with Crippen LogP contribution in [0.15, 0.2) is 36.4 Å². The molecule has 0 saturated heterocycles. The lowest BCUT2D eigenvalue weighted by Gasteiger charge is -2.18. The van der Waals surface area contributed by atoms with E-state index in [0.29, 0.717) is 11.3 Å². The maximum atomic E-state index is 11.3. The number of ether oxygens (including phenoxy) is 1. The van der Waals surface area contributed by atoms with Crippen LogP contribution in [0.3, 0.4) is 0 Å². The van der Waals surface area contributed by atoms with Gasteiger partial charge in [-0.1, -0.05) is 39.5 Å². The van der Waals surface area contributed by atoms with Gasteiger partial charge in [-0.25, -0.2) is 4.79 Å². The van der Waals surface area contributed by atoms with Crippen LogP contribution in [0.2, 0.25) is 0 Å². The van der Waals surface area contributed by atoms with Crippen molar-refractivity contribution >= 4 is 5.97 Å². The number of rotatable bonds is 2. The zero-order valence-electron chi connectivity index (χ0n) is 10.3. The Bertz CT molecular complexity index is 394. The van der Waals surface area contributed by atoms with Crippen LogP contribution in [0.5, 0.6) is 5.75 Å². The van der Waals surface area contributed by atoms with Gasteiger partial charge in [-0.05, 0) is 30.0 Å². The molecule has 16 heavy (non-hydrogen) atoms. The van der Waals surface area contributed by atoms with Gasteiger partial charge in [0.05, 0.1) is 0 Å². The summed E-state index contributed by atoms with van der Waals surface area (Å²) in [7, 11) is 0. The molecule has 0 fully saturated rings. The molecular weight excluding hydrogens is 200 g/mol. The SMILES string of the molecule is C=C(C)C(=O)Oc1ccc(C(C)(C)C)cc1. The first-order chi connectivity index (χ1) is 7.30. The molecule has 2 nitrogen and oxygen atoms in total. The van der Waals surface area contributed by atoms with E-state index in [9.17, 15) is 4.79 Å². The number of benzene rings is 1. The Morgan fingerprint density at radius 3 is 2.06 bits per heavy atom. The van der Waals surface area contributed by atoms with E-state index >= 15 is 0 Å². The van der Waals surface area contributed by atoms with Crippen LogP contribution >= 0.6 is 0 Å². The van der Waals surface area contributed by atoms with Crippen LogP contribution in [0, 0.1) is 0 Å². The third-order valence-electron chi connectivity index (χ3n) is 2.28. The molecule has 0 aliphatic carbocycles. The highest BCUT2D eigenvalue weighted by Gasteiger charge is 2.13. The van der Waals surface area contributed by atoms with Crippen molar-refractivity contribution in [2.75, 3.05) is 0 Å². The van der Waals surface area contributed by atoms with Gasteiger partial charge in [-0.3, -0.25) is 0 Å². The highest BCUT2D eigenvalue weighted by Crippen LogP contribution is 2.24. The van der Waals surface area contributed by atoms with E-state index in [1.165, 1.54) is 5.56 Å². The molecule has 1 rings (SSSR count). The zero-order valence-corrected chi connectivity index (χ0v) is 10.3. The Morgan fingerprint density at radius 2 is 1.69 bits per heavy atom. The zero-order chi connectivity index (χ0) is 12.3. The molecule has 1 aromatic rings. The van der Waals surface area contributed by atoms with E-state index in [2.05, 4.69) is 27.4 Å². The Kier molecular flexibility index (Phi) is 3.53. The minimum absolute atomic E-state index is 0.108. The summed E-state index contributed by atoms with van der Waals surface area (Å²) in [6.45, 7) is 11.6. The monoisotopic (exact) mass is 218 g/mol. The molecule has 0 bridgehead atoms. The Hall–Kier alpha value is -1.57. The van der Waals surface area contributed by atoms with Gasteiger partial charge in [0, 0.05) is 5.57 Å². The molecule has 0 amide bonds. The molecule has 0 aliphatic rings. The summed E-state index contributed by atoms with van der Waals surface area (Å²) >= 11 is 0. The van der Waals surface area contributed by atoms with Gasteiger partial charge in [0.25, 0.3) is 0 Å². The number of hydrogen-bond donors (Lipinski definition) is 0. The highest BCUT2D eigenvalue weighted by molar-refractivity contribution is 5.88. The summed E-state index contributed by atoms with van der Waals surface area (Å²) < 4.78 is 5.10. The molecule has 86 valence electrons. The van der Waals surface area contributed by atoms with Crippen LogP contribution < -0.4 is 4.74 Å². The highest BCUT2D eigenvalue weighted by atomic mass is 16.5. The molecule has 0 saturated carbocycles. The fraction of sp³-hybridized carbons (Fsp3) is 0.357. The molecule has 0 radical (unpaired) electrons. The van der Waals surface area contributed by atoms with E-state index < -0.39 is 0 Å². The fourth-order valence-electron chi connectivity index (χ4n) is 1.22. The minimum atomic E-state index is -0.386. The van der Waals surface area contributed by atoms with Crippen LogP contribution in [-0.4, -0.2) is 5.97 Å². The summed E-state index contributed by atoms with van der Waals surface area (Å²) in [5, 5.41) is 0. The second-order valence-corrected chi connectivity index (χ2v) is 4.94. The van der Waals surface area contributed by atoms with Crippen molar-refractivity contribution in [3.05, 3.63) is 42.0 Å². The van der Waals surface area contributed by atoms with Gasteiger partial charge in [0.2, 0.25) is 0 Å². The molecule has 0 atom stereocenters. The van der Waals surface area contributed by atoms with Gasteiger partial charge in [0.15, 0.2) is 0 Å². The second-order valence-electron chi connectivity index (χ2n) is 4.94. The van der Waals surface area contributed by atoms with Crippen molar-refractivity contribution in [1.29, 1.82) is 0 Å². The maximum absolute atomic E-state index is 11.3.